The molecule has 3 rings (SSSR count). The molecule has 0 spiro atoms. The van der Waals surface area contributed by atoms with Gasteiger partial charge in [0.05, 0.1) is 18.6 Å². The molecule has 17 heavy (non-hydrogen) atoms. The van der Waals surface area contributed by atoms with Gasteiger partial charge in [-0.25, -0.2) is 15.0 Å². The molecule has 0 amide bonds. The monoisotopic (exact) mass is 276 g/mol. The van der Waals surface area contributed by atoms with E-state index in [9.17, 15) is 5.11 Å². The average Bonchev–Trinajstić information content (AvgIpc) is 2.83. The minimum absolute atomic E-state index is 0. The summed E-state index contributed by atoms with van der Waals surface area (Å²) in [7, 11) is 0. The molecule has 0 radical (unpaired) electrons. The first kappa shape index (κ1) is 14.2. The van der Waals surface area contributed by atoms with Crippen LogP contribution >= 0.6 is 24.8 Å². The highest BCUT2D eigenvalue weighted by molar-refractivity contribution is 5.85. The number of rotatable bonds is 1. The van der Waals surface area contributed by atoms with E-state index in [1.54, 1.807) is 12.5 Å². The molecule has 0 saturated heterocycles. The lowest BCUT2D eigenvalue weighted by molar-refractivity contribution is 0.178. The SMILES string of the molecule is Cl.Cl.O[C@H]1CC[C@H](n2cnc3cncnc32)C1. The van der Waals surface area contributed by atoms with Crippen LogP contribution in [0.1, 0.15) is 25.3 Å². The van der Waals surface area contributed by atoms with Crippen molar-refractivity contribution in [1.29, 1.82) is 0 Å². The first-order valence-electron chi connectivity index (χ1n) is 5.15. The zero-order chi connectivity index (χ0) is 10.3. The Morgan fingerprint density at radius 3 is 2.76 bits per heavy atom. The summed E-state index contributed by atoms with van der Waals surface area (Å²) in [5.41, 5.74) is 1.68. The van der Waals surface area contributed by atoms with Gasteiger partial charge < -0.3 is 9.67 Å². The third-order valence-electron chi connectivity index (χ3n) is 3.01. The molecule has 1 aliphatic rings. The molecule has 2 heterocycles. The second kappa shape index (κ2) is 5.62. The molecule has 5 nitrogen and oxygen atoms in total. The van der Waals surface area contributed by atoms with Crippen LogP contribution in [0.3, 0.4) is 0 Å². The van der Waals surface area contributed by atoms with Gasteiger partial charge in [0.25, 0.3) is 0 Å². The van der Waals surface area contributed by atoms with Crippen LogP contribution in [0, 0.1) is 0 Å². The van der Waals surface area contributed by atoms with E-state index in [0.29, 0.717) is 6.04 Å². The van der Waals surface area contributed by atoms with Gasteiger partial charge >= 0.3 is 0 Å². The van der Waals surface area contributed by atoms with Crippen LogP contribution in [0.15, 0.2) is 18.9 Å². The minimum atomic E-state index is -0.172. The summed E-state index contributed by atoms with van der Waals surface area (Å²) in [6, 6.07) is 0.333. The highest BCUT2D eigenvalue weighted by Gasteiger charge is 2.25. The molecule has 1 N–H and O–H groups in total. The highest BCUT2D eigenvalue weighted by atomic mass is 35.5. The molecule has 0 bridgehead atoms. The first-order valence-corrected chi connectivity index (χ1v) is 5.15. The summed E-state index contributed by atoms with van der Waals surface area (Å²) >= 11 is 0. The third-order valence-corrected chi connectivity index (χ3v) is 3.01. The summed E-state index contributed by atoms with van der Waals surface area (Å²) in [5.74, 6) is 0. The molecule has 0 unspecified atom stereocenters. The van der Waals surface area contributed by atoms with Gasteiger partial charge in [-0.2, -0.15) is 0 Å². The Labute approximate surface area is 111 Å². The number of aliphatic hydroxyl groups is 1. The van der Waals surface area contributed by atoms with Crippen LogP contribution in [0.25, 0.3) is 11.2 Å². The molecule has 94 valence electrons. The van der Waals surface area contributed by atoms with Crippen molar-refractivity contribution >= 4 is 36.0 Å². The maximum absolute atomic E-state index is 9.50. The van der Waals surface area contributed by atoms with Gasteiger partial charge in [-0.3, -0.25) is 0 Å². The lowest BCUT2D eigenvalue weighted by Gasteiger charge is -2.11. The molecule has 1 fully saturated rings. The molecular formula is C10H14Cl2N4O. The number of fused-ring (bicyclic) bond motifs is 1. The number of imidazole rings is 1. The zero-order valence-corrected chi connectivity index (χ0v) is 10.7. The Balaban J connectivity index is 0.000000722. The standard InChI is InChI=1S/C10H12N4O.2ClH/c15-8-2-1-7(3-8)14-6-13-9-4-11-5-12-10(9)14;;/h4-8,15H,1-3H2;2*1H/t7-,8-;;/m0../s1. The molecule has 1 saturated carbocycles. The number of halogens is 2. The molecule has 0 aromatic carbocycles. The van der Waals surface area contributed by atoms with E-state index in [2.05, 4.69) is 15.0 Å². The van der Waals surface area contributed by atoms with E-state index in [1.165, 1.54) is 6.33 Å². The predicted octanol–water partition coefficient (Wildman–Crippen LogP) is 1.76. The highest BCUT2D eigenvalue weighted by Crippen LogP contribution is 2.31. The van der Waals surface area contributed by atoms with Crippen LogP contribution in [-0.4, -0.2) is 30.7 Å². The Morgan fingerprint density at radius 2 is 2.06 bits per heavy atom. The van der Waals surface area contributed by atoms with E-state index in [0.717, 1.165) is 30.4 Å². The lowest BCUT2D eigenvalue weighted by Crippen LogP contribution is -2.06. The number of hydrogen-bond acceptors (Lipinski definition) is 4. The Morgan fingerprint density at radius 1 is 1.24 bits per heavy atom. The quantitative estimate of drug-likeness (QED) is 0.862. The van der Waals surface area contributed by atoms with E-state index >= 15 is 0 Å². The third kappa shape index (κ3) is 2.51. The minimum Gasteiger partial charge on any atom is -0.393 e. The van der Waals surface area contributed by atoms with Gasteiger partial charge in [0.2, 0.25) is 0 Å². The molecule has 1 aliphatic carbocycles. The van der Waals surface area contributed by atoms with Crippen LogP contribution in [0.4, 0.5) is 0 Å². The second-order valence-electron chi connectivity index (χ2n) is 4.00. The smallest absolute Gasteiger partial charge is 0.163 e. The van der Waals surface area contributed by atoms with Crippen LogP contribution in [0.2, 0.25) is 0 Å². The van der Waals surface area contributed by atoms with E-state index in [-0.39, 0.29) is 30.9 Å². The number of hydrogen-bond donors (Lipinski definition) is 1. The molecule has 2 atom stereocenters. The average molecular weight is 277 g/mol. The van der Waals surface area contributed by atoms with Gasteiger partial charge in [-0.05, 0) is 19.3 Å². The number of nitrogens with zero attached hydrogens (tertiary/aromatic N) is 4. The fraction of sp³-hybridized carbons (Fsp3) is 0.500. The Hall–Kier alpha value is -0.910. The van der Waals surface area contributed by atoms with Crippen LogP contribution in [-0.2, 0) is 0 Å². The summed E-state index contributed by atoms with van der Waals surface area (Å²) in [6.07, 6.45) is 7.54. The van der Waals surface area contributed by atoms with Crippen molar-refractivity contribution in [1.82, 2.24) is 19.5 Å². The first-order chi connectivity index (χ1) is 7.34. The normalized spacial score (nSPS) is 23.1. The maximum atomic E-state index is 9.50. The Bertz CT molecular complexity index is 490. The van der Waals surface area contributed by atoms with Crippen molar-refractivity contribution in [2.24, 2.45) is 0 Å². The molecular weight excluding hydrogens is 263 g/mol. The van der Waals surface area contributed by atoms with Gasteiger partial charge in [0.15, 0.2) is 5.65 Å². The molecule has 0 aliphatic heterocycles. The lowest BCUT2D eigenvalue weighted by atomic mass is 10.2. The Kier molecular flexibility index (Phi) is 4.68. The van der Waals surface area contributed by atoms with Gasteiger partial charge in [0.1, 0.15) is 11.8 Å². The van der Waals surface area contributed by atoms with Gasteiger partial charge in [0, 0.05) is 6.04 Å². The van der Waals surface area contributed by atoms with Crippen molar-refractivity contribution in [3.63, 3.8) is 0 Å². The van der Waals surface area contributed by atoms with Crippen LogP contribution < -0.4 is 0 Å². The van der Waals surface area contributed by atoms with Crippen molar-refractivity contribution in [2.75, 3.05) is 0 Å². The largest absolute Gasteiger partial charge is 0.393 e. The fourth-order valence-electron chi connectivity index (χ4n) is 2.24. The van der Waals surface area contributed by atoms with Crippen molar-refractivity contribution in [2.45, 2.75) is 31.4 Å². The maximum Gasteiger partial charge on any atom is 0.163 e. The predicted molar refractivity (Wildman–Crippen MR) is 68.7 cm³/mol. The van der Waals surface area contributed by atoms with Crippen molar-refractivity contribution in [3.8, 4) is 0 Å². The summed E-state index contributed by atoms with van der Waals surface area (Å²) in [4.78, 5) is 12.4. The summed E-state index contributed by atoms with van der Waals surface area (Å²) < 4.78 is 2.05. The zero-order valence-electron chi connectivity index (χ0n) is 9.06. The second-order valence-corrected chi connectivity index (χ2v) is 4.00. The fourth-order valence-corrected chi connectivity index (χ4v) is 2.24. The van der Waals surface area contributed by atoms with Gasteiger partial charge in [-0.1, -0.05) is 0 Å². The van der Waals surface area contributed by atoms with E-state index in [1.807, 2.05) is 4.57 Å². The van der Waals surface area contributed by atoms with E-state index in [4.69, 9.17) is 0 Å². The van der Waals surface area contributed by atoms with Crippen molar-refractivity contribution < 1.29 is 5.11 Å². The molecule has 7 heteroatoms. The topological polar surface area (TPSA) is 63.8 Å². The van der Waals surface area contributed by atoms with E-state index < -0.39 is 0 Å². The molecule has 2 aromatic heterocycles. The summed E-state index contributed by atoms with van der Waals surface area (Å²) in [5, 5.41) is 9.50. The number of aliphatic hydroxyl groups excluding tert-OH is 1. The molecule has 2 aromatic rings. The number of aromatic nitrogens is 4. The van der Waals surface area contributed by atoms with Crippen LogP contribution in [0.5, 0.6) is 0 Å². The van der Waals surface area contributed by atoms with Crippen molar-refractivity contribution in [3.05, 3.63) is 18.9 Å². The van der Waals surface area contributed by atoms with Gasteiger partial charge in [-0.15, -0.1) is 24.8 Å². The summed E-state index contributed by atoms with van der Waals surface area (Å²) in [6.45, 7) is 0.